The summed E-state index contributed by atoms with van der Waals surface area (Å²) in [4.78, 5) is 11.7. The Kier molecular flexibility index (Phi) is 6.59. The summed E-state index contributed by atoms with van der Waals surface area (Å²) in [6.07, 6.45) is 0.767. The zero-order valence-corrected chi connectivity index (χ0v) is 12.5. The molecule has 0 heterocycles. The highest BCUT2D eigenvalue weighted by atomic mass is 79.9. The van der Waals surface area contributed by atoms with Crippen LogP contribution in [0.25, 0.3) is 5.57 Å². The number of methoxy groups -OCH3 is 1. The molecule has 0 aliphatic rings. The third kappa shape index (κ3) is 5.04. The molecule has 0 bridgehead atoms. The van der Waals surface area contributed by atoms with Gasteiger partial charge in [-0.15, -0.1) is 0 Å². The zero-order valence-electron chi connectivity index (χ0n) is 10.9. The third-order valence-electron chi connectivity index (χ3n) is 2.58. The third-order valence-corrected chi connectivity index (χ3v) is 3.07. The first-order valence-corrected chi connectivity index (χ1v) is 6.77. The van der Waals surface area contributed by atoms with E-state index in [1.165, 1.54) is 0 Å². The van der Waals surface area contributed by atoms with Gasteiger partial charge in [0, 0.05) is 23.2 Å². The van der Waals surface area contributed by atoms with Crippen molar-refractivity contribution in [3.63, 3.8) is 0 Å². The molecule has 5 heteroatoms. The van der Waals surface area contributed by atoms with Gasteiger partial charge in [-0.1, -0.05) is 22.5 Å². The molecule has 0 fully saturated rings. The number of amides is 1. The van der Waals surface area contributed by atoms with Gasteiger partial charge >= 0.3 is 0 Å². The molecule has 0 saturated carbocycles. The van der Waals surface area contributed by atoms with Crippen LogP contribution in [-0.4, -0.2) is 31.3 Å². The highest BCUT2D eigenvalue weighted by Crippen LogP contribution is 2.29. The predicted molar refractivity (Wildman–Crippen MR) is 79.1 cm³/mol. The average molecular weight is 328 g/mol. The lowest BCUT2D eigenvalue weighted by Crippen LogP contribution is -2.24. The summed E-state index contributed by atoms with van der Waals surface area (Å²) < 4.78 is 6.18. The van der Waals surface area contributed by atoms with E-state index < -0.39 is 0 Å². The number of carbonyl (C=O) groups excluding carboxylic acids is 1. The average Bonchev–Trinajstić information content (AvgIpc) is 2.38. The zero-order chi connectivity index (χ0) is 14.3. The van der Waals surface area contributed by atoms with Crippen LogP contribution in [0.5, 0.6) is 5.75 Å². The first-order chi connectivity index (χ1) is 9.08. The molecule has 0 saturated heterocycles. The Morgan fingerprint density at radius 2 is 2.26 bits per heavy atom. The maximum atomic E-state index is 11.7. The monoisotopic (exact) mass is 327 g/mol. The first-order valence-electron chi connectivity index (χ1n) is 5.97. The molecule has 0 radical (unpaired) electrons. The van der Waals surface area contributed by atoms with E-state index in [-0.39, 0.29) is 18.9 Å². The Balaban J connectivity index is 2.65. The minimum absolute atomic E-state index is 0.0712. The predicted octanol–water partition coefficient (Wildman–Crippen LogP) is 2.36. The van der Waals surface area contributed by atoms with Gasteiger partial charge in [-0.2, -0.15) is 0 Å². The molecular formula is C14H18BrNO3. The van der Waals surface area contributed by atoms with E-state index in [9.17, 15) is 4.79 Å². The van der Waals surface area contributed by atoms with Crippen molar-refractivity contribution in [3.05, 3.63) is 34.8 Å². The minimum atomic E-state index is -0.108. The van der Waals surface area contributed by atoms with E-state index in [1.54, 1.807) is 7.11 Å². The maximum Gasteiger partial charge on any atom is 0.224 e. The molecular weight excluding hydrogens is 310 g/mol. The minimum Gasteiger partial charge on any atom is -0.496 e. The van der Waals surface area contributed by atoms with Crippen LogP contribution in [0.4, 0.5) is 0 Å². The lowest BCUT2D eigenvalue weighted by atomic mass is 10.0. The van der Waals surface area contributed by atoms with Crippen molar-refractivity contribution >= 4 is 27.4 Å². The van der Waals surface area contributed by atoms with Gasteiger partial charge in [-0.3, -0.25) is 4.79 Å². The maximum absolute atomic E-state index is 11.7. The molecule has 104 valence electrons. The van der Waals surface area contributed by atoms with Crippen LogP contribution in [0.2, 0.25) is 0 Å². The molecule has 19 heavy (non-hydrogen) atoms. The van der Waals surface area contributed by atoms with E-state index in [2.05, 4.69) is 27.8 Å². The Morgan fingerprint density at radius 3 is 2.89 bits per heavy atom. The fraction of sp³-hybridized carbons (Fsp3) is 0.357. The lowest BCUT2D eigenvalue weighted by molar-refractivity contribution is -0.120. The van der Waals surface area contributed by atoms with Crippen molar-refractivity contribution in [3.8, 4) is 5.75 Å². The molecule has 0 spiro atoms. The number of halogens is 1. The van der Waals surface area contributed by atoms with Crippen molar-refractivity contribution in [2.45, 2.75) is 12.8 Å². The number of aliphatic hydroxyl groups excluding tert-OH is 1. The van der Waals surface area contributed by atoms with Gasteiger partial charge in [0.25, 0.3) is 0 Å². The van der Waals surface area contributed by atoms with Gasteiger partial charge in [0.05, 0.1) is 13.5 Å². The lowest BCUT2D eigenvalue weighted by Gasteiger charge is -2.11. The van der Waals surface area contributed by atoms with Gasteiger partial charge in [-0.05, 0) is 30.2 Å². The molecule has 0 aliphatic heterocycles. The number of ether oxygens (including phenoxy) is 1. The first kappa shape index (κ1) is 15.7. The summed E-state index contributed by atoms with van der Waals surface area (Å²) >= 11 is 3.37. The van der Waals surface area contributed by atoms with E-state index in [1.807, 2.05) is 18.2 Å². The van der Waals surface area contributed by atoms with Crippen molar-refractivity contribution in [2.24, 2.45) is 0 Å². The van der Waals surface area contributed by atoms with Crippen LogP contribution in [0, 0.1) is 0 Å². The summed E-state index contributed by atoms with van der Waals surface area (Å²) in [5.41, 5.74) is 1.52. The summed E-state index contributed by atoms with van der Waals surface area (Å²) in [5, 5.41) is 11.4. The highest BCUT2D eigenvalue weighted by molar-refractivity contribution is 9.10. The van der Waals surface area contributed by atoms with E-state index in [0.717, 1.165) is 10.0 Å². The molecule has 0 aliphatic carbocycles. The second-order valence-electron chi connectivity index (χ2n) is 4.05. The molecule has 1 amide bonds. The number of hydrogen-bond acceptors (Lipinski definition) is 3. The number of benzene rings is 1. The molecule has 0 aromatic heterocycles. The van der Waals surface area contributed by atoms with Crippen LogP contribution in [0.15, 0.2) is 29.3 Å². The summed E-state index contributed by atoms with van der Waals surface area (Å²) in [6, 6.07) is 5.59. The topological polar surface area (TPSA) is 58.6 Å². The van der Waals surface area contributed by atoms with Gasteiger partial charge in [0.1, 0.15) is 5.75 Å². The second kappa shape index (κ2) is 7.96. The van der Waals surface area contributed by atoms with E-state index in [0.29, 0.717) is 24.3 Å². The van der Waals surface area contributed by atoms with Crippen LogP contribution in [-0.2, 0) is 4.79 Å². The Bertz CT molecular complexity index is 460. The Labute approximate surface area is 121 Å². The molecule has 0 atom stereocenters. The summed E-state index contributed by atoms with van der Waals surface area (Å²) in [7, 11) is 1.58. The summed E-state index contributed by atoms with van der Waals surface area (Å²) in [5.74, 6) is 0.575. The van der Waals surface area contributed by atoms with Crippen LogP contribution < -0.4 is 10.1 Å². The standard InChI is InChI=1S/C14H18BrNO3/c1-10(8-14(18)16-6-3-7-17)12-5-4-11(15)9-13(12)19-2/h4-5,9,17H,1,3,6-8H2,2H3,(H,16,18). The van der Waals surface area contributed by atoms with Crippen molar-refractivity contribution in [2.75, 3.05) is 20.3 Å². The number of carbonyl (C=O) groups is 1. The van der Waals surface area contributed by atoms with Crippen LogP contribution in [0.3, 0.4) is 0 Å². The van der Waals surface area contributed by atoms with Crippen LogP contribution >= 0.6 is 15.9 Å². The molecule has 4 nitrogen and oxygen atoms in total. The van der Waals surface area contributed by atoms with Gasteiger partial charge in [0.2, 0.25) is 5.91 Å². The Hall–Kier alpha value is -1.33. The fourth-order valence-electron chi connectivity index (χ4n) is 1.62. The van der Waals surface area contributed by atoms with Crippen molar-refractivity contribution < 1.29 is 14.6 Å². The molecule has 1 aromatic carbocycles. The molecule has 1 aromatic rings. The Morgan fingerprint density at radius 1 is 1.53 bits per heavy atom. The van der Waals surface area contributed by atoms with E-state index >= 15 is 0 Å². The largest absolute Gasteiger partial charge is 0.496 e. The number of hydrogen-bond donors (Lipinski definition) is 2. The molecule has 1 rings (SSSR count). The van der Waals surface area contributed by atoms with Crippen LogP contribution in [0.1, 0.15) is 18.4 Å². The molecule has 0 unspecified atom stereocenters. The van der Waals surface area contributed by atoms with Gasteiger partial charge in [-0.25, -0.2) is 0 Å². The van der Waals surface area contributed by atoms with E-state index in [4.69, 9.17) is 9.84 Å². The smallest absolute Gasteiger partial charge is 0.224 e. The molecule has 2 N–H and O–H groups in total. The number of rotatable bonds is 7. The number of aliphatic hydroxyl groups is 1. The van der Waals surface area contributed by atoms with Crippen molar-refractivity contribution in [1.29, 1.82) is 0 Å². The fourth-order valence-corrected chi connectivity index (χ4v) is 1.96. The van der Waals surface area contributed by atoms with Gasteiger partial charge in [0.15, 0.2) is 0 Å². The highest BCUT2D eigenvalue weighted by Gasteiger charge is 2.11. The second-order valence-corrected chi connectivity index (χ2v) is 4.97. The SMILES string of the molecule is C=C(CC(=O)NCCCO)c1ccc(Br)cc1OC. The van der Waals surface area contributed by atoms with Gasteiger partial charge < -0.3 is 15.2 Å². The quantitative estimate of drug-likeness (QED) is 0.756. The van der Waals surface area contributed by atoms with Crippen molar-refractivity contribution in [1.82, 2.24) is 5.32 Å². The number of nitrogens with one attached hydrogen (secondary N) is 1. The summed E-state index contributed by atoms with van der Waals surface area (Å²) in [6.45, 7) is 4.47. The normalized spacial score (nSPS) is 10.1.